The first-order valence-corrected chi connectivity index (χ1v) is 5.69. The highest BCUT2D eigenvalue weighted by atomic mass is 35.5. The van der Waals surface area contributed by atoms with E-state index in [1.54, 1.807) is 6.07 Å². The molecule has 2 aromatic rings. The normalized spacial score (nSPS) is 10.1. The van der Waals surface area contributed by atoms with Gasteiger partial charge in [-0.15, -0.1) is 0 Å². The van der Waals surface area contributed by atoms with Gasteiger partial charge in [0.1, 0.15) is 24.5 Å². The third-order valence-electron chi connectivity index (χ3n) is 2.38. The molecule has 0 aliphatic carbocycles. The zero-order chi connectivity index (χ0) is 13.0. The van der Waals surface area contributed by atoms with Crippen molar-refractivity contribution in [3.63, 3.8) is 0 Å². The van der Waals surface area contributed by atoms with Gasteiger partial charge in [0.15, 0.2) is 0 Å². The molecule has 0 spiro atoms. The first-order chi connectivity index (χ1) is 8.69. The summed E-state index contributed by atoms with van der Waals surface area (Å²) in [6.07, 6.45) is 0.575. The summed E-state index contributed by atoms with van der Waals surface area (Å²) in [6, 6.07) is 11.1. The van der Waals surface area contributed by atoms with Gasteiger partial charge < -0.3 is 4.74 Å². The minimum absolute atomic E-state index is 0.224. The predicted molar refractivity (Wildman–Crippen MR) is 67.6 cm³/mol. The number of rotatable bonds is 4. The summed E-state index contributed by atoms with van der Waals surface area (Å²) in [5, 5.41) is 0.588. The van der Waals surface area contributed by atoms with Gasteiger partial charge in [-0.25, -0.2) is 4.39 Å². The van der Waals surface area contributed by atoms with Crippen LogP contribution in [0.4, 0.5) is 4.39 Å². The zero-order valence-electron chi connectivity index (χ0n) is 9.40. The number of hydrogen-bond acceptors (Lipinski definition) is 2. The topological polar surface area (TPSA) is 26.3 Å². The van der Waals surface area contributed by atoms with Gasteiger partial charge in [-0.05, 0) is 18.2 Å². The number of ether oxygens (including phenoxy) is 1. The number of benzene rings is 2. The van der Waals surface area contributed by atoms with E-state index in [1.165, 1.54) is 12.1 Å². The second kappa shape index (κ2) is 5.65. The molecule has 0 atom stereocenters. The fourth-order valence-corrected chi connectivity index (χ4v) is 1.70. The second-order valence-corrected chi connectivity index (χ2v) is 4.13. The zero-order valence-corrected chi connectivity index (χ0v) is 10.2. The maximum absolute atomic E-state index is 13.2. The third kappa shape index (κ3) is 3.08. The summed E-state index contributed by atoms with van der Waals surface area (Å²) in [5.74, 6) is -0.203. The molecule has 4 heteroatoms. The summed E-state index contributed by atoms with van der Waals surface area (Å²) in [5.41, 5.74) is 1.04. The van der Waals surface area contributed by atoms with E-state index in [0.29, 0.717) is 17.1 Å². The first-order valence-electron chi connectivity index (χ1n) is 5.31. The molecule has 2 aromatic carbocycles. The van der Waals surface area contributed by atoms with Crippen LogP contribution < -0.4 is 4.74 Å². The SMILES string of the molecule is O=Cc1cc(F)cc(OCc2ccccc2Cl)c1. The maximum Gasteiger partial charge on any atom is 0.150 e. The van der Waals surface area contributed by atoms with Crippen LogP contribution in [0.5, 0.6) is 5.75 Å². The minimum Gasteiger partial charge on any atom is -0.489 e. The number of aldehydes is 1. The Morgan fingerprint density at radius 3 is 2.72 bits per heavy atom. The van der Waals surface area contributed by atoms with Gasteiger partial charge in [0.25, 0.3) is 0 Å². The first kappa shape index (κ1) is 12.6. The Morgan fingerprint density at radius 1 is 1.22 bits per heavy atom. The van der Waals surface area contributed by atoms with Gasteiger partial charge in [0, 0.05) is 22.2 Å². The van der Waals surface area contributed by atoms with Crippen molar-refractivity contribution in [1.29, 1.82) is 0 Å². The highest BCUT2D eigenvalue weighted by Crippen LogP contribution is 2.20. The van der Waals surface area contributed by atoms with Crippen LogP contribution in [0, 0.1) is 5.82 Å². The Morgan fingerprint density at radius 2 is 2.00 bits per heavy atom. The summed E-state index contributed by atoms with van der Waals surface area (Å²) >= 11 is 5.97. The van der Waals surface area contributed by atoms with Crippen molar-refractivity contribution in [3.8, 4) is 5.75 Å². The molecular formula is C14H10ClFO2. The van der Waals surface area contributed by atoms with E-state index in [1.807, 2.05) is 18.2 Å². The van der Waals surface area contributed by atoms with Crippen molar-refractivity contribution in [2.45, 2.75) is 6.61 Å². The quantitative estimate of drug-likeness (QED) is 0.784. The van der Waals surface area contributed by atoms with E-state index in [9.17, 15) is 9.18 Å². The fraction of sp³-hybridized carbons (Fsp3) is 0.0714. The average Bonchev–Trinajstić information content (AvgIpc) is 2.37. The molecule has 2 nitrogen and oxygen atoms in total. The van der Waals surface area contributed by atoms with Crippen LogP contribution in [-0.2, 0) is 6.61 Å². The van der Waals surface area contributed by atoms with E-state index < -0.39 is 5.82 Å². The van der Waals surface area contributed by atoms with Crippen molar-refractivity contribution in [1.82, 2.24) is 0 Å². The average molecular weight is 265 g/mol. The van der Waals surface area contributed by atoms with Crippen LogP contribution in [0.15, 0.2) is 42.5 Å². The molecule has 0 saturated carbocycles. The van der Waals surface area contributed by atoms with Crippen LogP contribution in [0.1, 0.15) is 15.9 Å². The summed E-state index contributed by atoms with van der Waals surface area (Å²) in [6.45, 7) is 0.224. The lowest BCUT2D eigenvalue weighted by Gasteiger charge is -2.08. The van der Waals surface area contributed by atoms with Crippen LogP contribution in [0.2, 0.25) is 5.02 Å². The van der Waals surface area contributed by atoms with Gasteiger partial charge in [-0.3, -0.25) is 4.79 Å². The molecule has 0 bridgehead atoms. The van der Waals surface area contributed by atoms with Crippen molar-refractivity contribution >= 4 is 17.9 Å². The Bertz CT molecular complexity index is 569. The lowest BCUT2D eigenvalue weighted by molar-refractivity contribution is 0.112. The van der Waals surface area contributed by atoms with Crippen molar-refractivity contribution < 1.29 is 13.9 Å². The molecule has 2 rings (SSSR count). The molecule has 0 aliphatic heterocycles. The van der Waals surface area contributed by atoms with E-state index >= 15 is 0 Å². The van der Waals surface area contributed by atoms with Crippen LogP contribution >= 0.6 is 11.6 Å². The standard InChI is InChI=1S/C14H10ClFO2/c15-14-4-2-1-3-11(14)9-18-13-6-10(8-17)5-12(16)7-13/h1-8H,9H2. The molecule has 0 fully saturated rings. The molecule has 0 unspecified atom stereocenters. The highest BCUT2D eigenvalue weighted by Gasteiger charge is 2.03. The minimum atomic E-state index is -0.506. The Labute approximate surface area is 109 Å². The molecular weight excluding hydrogens is 255 g/mol. The summed E-state index contributed by atoms with van der Waals surface area (Å²) < 4.78 is 18.6. The highest BCUT2D eigenvalue weighted by molar-refractivity contribution is 6.31. The monoisotopic (exact) mass is 264 g/mol. The molecule has 0 aromatic heterocycles. The van der Waals surface area contributed by atoms with E-state index in [-0.39, 0.29) is 12.2 Å². The van der Waals surface area contributed by atoms with E-state index in [2.05, 4.69) is 0 Å². The number of carbonyl (C=O) groups excluding carboxylic acids is 1. The van der Waals surface area contributed by atoms with Crippen molar-refractivity contribution in [3.05, 3.63) is 64.4 Å². The van der Waals surface area contributed by atoms with Gasteiger partial charge in [0.2, 0.25) is 0 Å². The lowest BCUT2D eigenvalue weighted by atomic mass is 10.2. The molecule has 0 amide bonds. The molecule has 92 valence electrons. The molecule has 0 radical (unpaired) electrons. The van der Waals surface area contributed by atoms with Crippen LogP contribution in [0.25, 0.3) is 0 Å². The van der Waals surface area contributed by atoms with Crippen LogP contribution in [-0.4, -0.2) is 6.29 Å². The Hall–Kier alpha value is -1.87. The molecule has 18 heavy (non-hydrogen) atoms. The van der Waals surface area contributed by atoms with Gasteiger partial charge in [0.05, 0.1) is 0 Å². The Balaban J connectivity index is 2.13. The molecule has 0 aliphatic rings. The fourth-order valence-electron chi connectivity index (χ4n) is 1.51. The van der Waals surface area contributed by atoms with E-state index in [0.717, 1.165) is 11.6 Å². The van der Waals surface area contributed by atoms with Gasteiger partial charge in [-0.2, -0.15) is 0 Å². The largest absolute Gasteiger partial charge is 0.489 e. The summed E-state index contributed by atoms with van der Waals surface area (Å²) in [4.78, 5) is 10.6. The third-order valence-corrected chi connectivity index (χ3v) is 2.75. The van der Waals surface area contributed by atoms with Crippen molar-refractivity contribution in [2.24, 2.45) is 0 Å². The lowest BCUT2D eigenvalue weighted by Crippen LogP contribution is -1.97. The summed E-state index contributed by atoms with van der Waals surface area (Å²) in [7, 11) is 0. The molecule has 0 saturated heterocycles. The number of halogens is 2. The van der Waals surface area contributed by atoms with E-state index in [4.69, 9.17) is 16.3 Å². The number of carbonyl (C=O) groups is 1. The van der Waals surface area contributed by atoms with Crippen molar-refractivity contribution in [2.75, 3.05) is 0 Å². The predicted octanol–water partition coefficient (Wildman–Crippen LogP) is 3.87. The maximum atomic E-state index is 13.2. The molecule has 0 heterocycles. The number of hydrogen-bond donors (Lipinski definition) is 0. The Kier molecular flexibility index (Phi) is 3.95. The molecule has 0 N–H and O–H groups in total. The van der Waals surface area contributed by atoms with Gasteiger partial charge >= 0.3 is 0 Å². The second-order valence-electron chi connectivity index (χ2n) is 3.72. The smallest absolute Gasteiger partial charge is 0.150 e. The van der Waals surface area contributed by atoms with Gasteiger partial charge in [-0.1, -0.05) is 29.8 Å². The van der Waals surface area contributed by atoms with Crippen LogP contribution in [0.3, 0.4) is 0 Å².